The molecular weight excluding hydrogens is 294 g/mol. The highest BCUT2D eigenvalue weighted by atomic mass is 79.9. The molecule has 0 bridgehead atoms. The summed E-state index contributed by atoms with van der Waals surface area (Å²) in [5, 5.41) is 1.18. The van der Waals surface area contributed by atoms with Gasteiger partial charge in [0.2, 0.25) is 0 Å². The molecule has 0 aromatic rings. The zero-order valence-corrected chi connectivity index (χ0v) is 14.1. The second-order valence-corrected chi connectivity index (χ2v) is 7.24. The van der Waals surface area contributed by atoms with Crippen LogP contribution in [0.4, 0.5) is 0 Å². The minimum Gasteiger partial charge on any atom is -0.302 e. The zero-order valence-electron chi connectivity index (χ0n) is 11.7. The van der Waals surface area contributed by atoms with Crippen molar-refractivity contribution in [1.82, 2.24) is 4.90 Å². The molecule has 102 valence electrons. The Balaban J connectivity index is 2.54. The lowest BCUT2D eigenvalue weighted by Gasteiger charge is -2.37. The number of alkyl halides is 1. The topological polar surface area (TPSA) is 3.24 Å². The average Bonchev–Trinajstić information content (AvgIpc) is 2.55. The second kappa shape index (κ2) is 8.06. The fraction of sp³-hybridized carbons (Fsp3) is 1.00. The van der Waals surface area contributed by atoms with E-state index in [2.05, 4.69) is 41.1 Å². The van der Waals surface area contributed by atoms with Crippen LogP contribution in [0.3, 0.4) is 0 Å². The van der Waals surface area contributed by atoms with Crippen molar-refractivity contribution in [3.8, 4) is 0 Å². The minimum absolute atomic E-state index is 0.540. The zero-order chi connectivity index (χ0) is 12.7. The maximum atomic E-state index is 3.79. The minimum atomic E-state index is 0.540. The maximum absolute atomic E-state index is 3.79. The second-order valence-electron chi connectivity index (χ2n) is 5.77. The van der Waals surface area contributed by atoms with Crippen LogP contribution >= 0.6 is 27.7 Å². The molecule has 1 unspecified atom stereocenters. The normalized spacial score (nSPS) is 22.4. The van der Waals surface area contributed by atoms with Crippen LogP contribution in [0.25, 0.3) is 0 Å². The number of hydrogen-bond donors (Lipinski definition) is 0. The van der Waals surface area contributed by atoms with E-state index in [1.165, 1.54) is 56.2 Å². The van der Waals surface area contributed by atoms with E-state index in [1.54, 1.807) is 0 Å². The van der Waals surface area contributed by atoms with E-state index in [1.807, 2.05) is 11.8 Å². The molecule has 1 nitrogen and oxygen atoms in total. The first-order valence-electron chi connectivity index (χ1n) is 6.89. The van der Waals surface area contributed by atoms with Crippen LogP contribution in [0.1, 0.15) is 45.4 Å². The van der Waals surface area contributed by atoms with Crippen molar-refractivity contribution >= 4 is 27.7 Å². The number of rotatable bonds is 6. The first kappa shape index (κ1) is 15.8. The molecule has 3 heteroatoms. The molecule has 0 aliphatic heterocycles. The molecule has 0 saturated heterocycles. The molecule has 17 heavy (non-hydrogen) atoms. The Morgan fingerprint density at radius 1 is 1.24 bits per heavy atom. The van der Waals surface area contributed by atoms with Gasteiger partial charge in [0, 0.05) is 23.7 Å². The Morgan fingerprint density at radius 3 is 2.29 bits per heavy atom. The van der Waals surface area contributed by atoms with E-state index in [9.17, 15) is 0 Å². The molecule has 1 saturated carbocycles. The van der Waals surface area contributed by atoms with Crippen LogP contribution < -0.4 is 0 Å². The molecule has 0 aromatic carbocycles. The fourth-order valence-corrected chi connectivity index (χ4v) is 4.34. The summed E-state index contributed by atoms with van der Waals surface area (Å²) in [6.07, 6.45) is 10.8. The van der Waals surface area contributed by atoms with Gasteiger partial charge >= 0.3 is 0 Å². The SMILES string of the molecule is CSCC(C)N(C)CC1(CBr)CCCCCC1. The number of thioether (sulfide) groups is 1. The Kier molecular flexibility index (Phi) is 7.51. The summed E-state index contributed by atoms with van der Waals surface area (Å²) in [5.74, 6) is 1.24. The summed E-state index contributed by atoms with van der Waals surface area (Å²) in [6, 6.07) is 0.698. The highest BCUT2D eigenvalue weighted by Crippen LogP contribution is 2.37. The first-order chi connectivity index (χ1) is 8.13. The third-order valence-corrected chi connectivity index (χ3v) is 6.20. The lowest BCUT2D eigenvalue weighted by molar-refractivity contribution is 0.152. The molecule has 0 aromatic heterocycles. The summed E-state index contributed by atoms with van der Waals surface area (Å²) in [5.41, 5.74) is 0.540. The van der Waals surface area contributed by atoms with Gasteiger partial charge in [-0.25, -0.2) is 0 Å². The molecular formula is C14H28BrNS. The van der Waals surface area contributed by atoms with Crippen LogP contribution in [0.5, 0.6) is 0 Å². The summed E-state index contributed by atoms with van der Waals surface area (Å²) >= 11 is 5.74. The number of hydrogen-bond acceptors (Lipinski definition) is 2. The van der Waals surface area contributed by atoms with Crippen molar-refractivity contribution in [3.63, 3.8) is 0 Å². The molecule has 1 rings (SSSR count). The van der Waals surface area contributed by atoms with Crippen LogP contribution in [0.15, 0.2) is 0 Å². The van der Waals surface area contributed by atoms with Gasteiger partial charge in [0.05, 0.1) is 0 Å². The third kappa shape index (κ3) is 5.12. The van der Waals surface area contributed by atoms with Gasteiger partial charge in [-0.3, -0.25) is 0 Å². The predicted molar refractivity (Wildman–Crippen MR) is 84.4 cm³/mol. The monoisotopic (exact) mass is 321 g/mol. The van der Waals surface area contributed by atoms with E-state index in [0.717, 1.165) is 0 Å². The van der Waals surface area contributed by atoms with Crippen LogP contribution in [0.2, 0.25) is 0 Å². The highest BCUT2D eigenvalue weighted by molar-refractivity contribution is 9.09. The Bertz CT molecular complexity index is 202. The van der Waals surface area contributed by atoms with Gasteiger partial charge in [0.15, 0.2) is 0 Å². The molecule has 1 aliphatic carbocycles. The van der Waals surface area contributed by atoms with Crippen LogP contribution in [-0.4, -0.2) is 41.9 Å². The maximum Gasteiger partial charge on any atom is 0.0155 e. The summed E-state index contributed by atoms with van der Waals surface area (Å²) < 4.78 is 0. The highest BCUT2D eigenvalue weighted by Gasteiger charge is 2.31. The molecule has 1 atom stereocenters. The van der Waals surface area contributed by atoms with Crippen molar-refractivity contribution in [2.75, 3.05) is 30.9 Å². The van der Waals surface area contributed by atoms with Crippen LogP contribution in [-0.2, 0) is 0 Å². The van der Waals surface area contributed by atoms with Gasteiger partial charge in [-0.1, -0.05) is 41.6 Å². The van der Waals surface area contributed by atoms with E-state index >= 15 is 0 Å². The van der Waals surface area contributed by atoms with E-state index in [-0.39, 0.29) is 0 Å². The number of nitrogens with zero attached hydrogens (tertiary/aromatic N) is 1. The fourth-order valence-electron chi connectivity index (χ4n) is 2.87. The van der Waals surface area contributed by atoms with Gasteiger partial charge < -0.3 is 4.90 Å². The van der Waals surface area contributed by atoms with Gasteiger partial charge in [-0.2, -0.15) is 11.8 Å². The summed E-state index contributed by atoms with van der Waals surface area (Å²) in [4.78, 5) is 2.57. The summed E-state index contributed by atoms with van der Waals surface area (Å²) in [6.45, 7) is 3.62. The van der Waals surface area contributed by atoms with Crippen molar-refractivity contribution in [2.45, 2.75) is 51.5 Å². The Morgan fingerprint density at radius 2 is 1.82 bits per heavy atom. The van der Waals surface area contributed by atoms with Gasteiger partial charge in [-0.15, -0.1) is 0 Å². The predicted octanol–water partition coefficient (Wildman–Crippen LogP) is 4.41. The standard InChI is InChI=1S/C14H28BrNS/c1-13(10-17-3)16(2)12-14(11-15)8-6-4-5-7-9-14/h13H,4-12H2,1-3H3. The molecule has 0 radical (unpaired) electrons. The number of halogens is 1. The van der Waals surface area contributed by atoms with Crippen LogP contribution in [0, 0.1) is 5.41 Å². The molecule has 0 heterocycles. The quantitative estimate of drug-likeness (QED) is 0.526. The molecule has 1 fully saturated rings. The first-order valence-corrected chi connectivity index (χ1v) is 9.40. The van der Waals surface area contributed by atoms with E-state index in [4.69, 9.17) is 0 Å². The van der Waals surface area contributed by atoms with E-state index < -0.39 is 0 Å². The van der Waals surface area contributed by atoms with Crippen molar-refractivity contribution < 1.29 is 0 Å². The van der Waals surface area contributed by atoms with Crippen molar-refractivity contribution in [2.24, 2.45) is 5.41 Å². The summed E-state index contributed by atoms with van der Waals surface area (Å²) in [7, 11) is 2.30. The molecule has 1 aliphatic rings. The lowest BCUT2D eigenvalue weighted by Crippen LogP contribution is -2.42. The van der Waals surface area contributed by atoms with E-state index in [0.29, 0.717) is 11.5 Å². The molecule has 0 amide bonds. The van der Waals surface area contributed by atoms with Crippen molar-refractivity contribution in [3.05, 3.63) is 0 Å². The van der Waals surface area contributed by atoms with Gasteiger partial charge in [0.25, 0.3) is 0 Å². The Labute approximate surface area is 120 Å². The van der Waals surface area contributed by atoms with Gasteiger partial charge in [0.1, 0.15) is 0 Å². The van der Waals surface area contributed by atoms with Gasteiger partial charge in [-0.05, 0) is 38.5 Å². The third-order valence-electron chi connectivity index (χ3n) is 4.19. The smallest absolute Gasteiger partial charge is 0.0155 e. The molecule has 0 spiro atoms. The van der Waals surface area contributed by atoms with Crippen molar-refractivity contribution in [1.29, 1.82) is 0 Å². The molecule has 0 N–H and O–H groups in total. The lowest BCUT2D eigenvalue weighted by atomic mass is 9.82. The largest absolute Gasteiger partial charge is 0.302 e. The Hall–Kier alpha value is 0.790. The average molecular weight is 322 g/mol.